The highest BCUT2D eigenvalue weighted by Crippen LogP contribution is 1.99. The summed E-state index contributed by atoms with van der Waals surface area (Å²) in [6.07, 6.45) is 4.40. The molecule has 0 unspecified atom stereocenters. The van der Waals surface area contributed by atoms with Crippen molar-refractivity contribution in [2.24, 2.45) is 0 Å². The molecule has 2 amide bonds. The van der Waals surface area contributed by atoms with Crippen LogP contribution in [0.3, 0.4) is 0 Å². The number of rotatable bonds is 3. The molecule has 0 atom stereocenters. The van der Waals surface area contributed by atoms with Gasteiger partial charge in [0.15, 0.2) is 0 Å². The summed E-state index contributed by atoms with van der Waals surface area (Å²) < 4.78 is 4.78. The van der Waals surface area contributed by atoms with Gasteiger partial charge in [-0.05, 0) is 0 Å². The molecule has 0 bridgehead atoms. The Morgan fingerprint density at radius 2 is 2.67 bits per heavy atom. The first kappa shape index (κ1) is 8.32. The molecule has 64 valence electrons. The Morgan fingerprint density at radius 3 is 3.25 bits per heavy atom. The summed E-state index contributed by atoms with van der Waals surface area (Å²) in [5.74, 6) is 0. The number of nitrogens with one attached hydrogen (secondary N) is 2. The predicted octanol–water partition coefficient (Wildman–Crippen LogP) is 0.982. The van der Waals surface area contributed by atoms with E-state index in [4.69, 9.17) is 4.42 Å². The number of urea groups is 1. The van der Waals surface area contributed by atoms with E-state index in [1.807, 2.05) is 0 Å². The highest BCUT2D eigenvalue weighted by Gasteiger charge is 2.01. The number of anilines is 1. The van der Waals surface area contributed by atoms with Crippen molar-refractivity contribution in [1.82, 2.24) is 10.3 Å². The van der Waals surface area contributed by atoms with Gasteiger partial charge in [0.25, 0.3) is 0 Å². The smallest absolute Gasteiger partial charge is 0.323 e. The van der Waals surface area contributed by atoms with Crippen molar-refractivity contribution in [3.05, 3.63) is 25.1 Å². The van der Waals surface area contributed by atoms with Gasteiger partial charge in [0, 0.05) is 6.54 Å². The van der Waals surface area contributed by atoms with Crippen molar-refractivity contribution in [3.8, 4) is 0 Å². The molecule has 0 aliphatic heterocycles. The molecule has 0 aliphatic rings. The number of hydrogen-bond acceptors (Lipinski definition) is 3. The van der Waals surface area contributed by atoms with Gasteiger partial charge < -0.3 is 9.73 Å². The summed E-state index contributed by atoms with van der Waals surface area (Å²) in [7, 11) is 0. The average Bonchev–Trinajstić information content (AvgIpc) is 2.53. The summed E-state index contributed by atoms with van der Waals surface area (Å²) in [4.78, 5) is 14.6. The van der Waals surface area contributed by atoms with Crippen molar-refractivity contribution >= 4 is 12.0 Å². The van der Waals surface area contributed by atoms with Gasteiger partial charge in [0.05, 0.1) is 6.20 Å². The van der Waals surface area contributed by atoms with E-state index >= 15 is 0 Å². The van der Waals surface area contributed by atoms with E-state index in [0.717, 1.165) is 0 Å². The fourth-order valence-electron chi connectivity index (χ4n) is 0.591. The zero-order chi connectivity index (χ0) is 8.81. The maximum atomic E-state index is 10.9. The maximum Gasteiger partial charge on any atom is 0.323 e. The molecule has 5 nitrogen and oxygen atoms in total. The number of amides is 2. The van der Waals surface area contributed by atoms with Crippen LogP contribution in [0.5, 0.6) is 0 Å². The van der Waals surface area contributed by atoms with Crippen molar-refractivity contribution in [2.75, 3.05) is 11.9 Å². The second kappa shape index (κ2) is 4.17. The van der Waals surface area contributed by atoms with Crippen LogP contribution in [0, 0.1) is 0 Å². The predicted molar refractivity (Wildman–Crippen MR) is 43.7 cm³/mol. The van der Waals surface area contributed by atoms with Crippen molar-refractivity contribution in [2.45, 2.75) is 0 Å². The first-order valence-electron chi connectivity index (χ1n) is 3.38. The lowest BCUT2D eigenvalue weighted by Crippen LogP contribution is -2.28. The van der Waals surface area contributed by atoms with Crippen molar-refractivity contribution in [3.63, 3.8) is 0 Å². The van der Waals surface area contributed by atoms with Gasteiger partial charge in [-0.3, -0.25) is 5.32 Å². The third-order valence-electron chi connectivity index (χ3n) is 1.06. The fourth-order valence-corrected chi connectivity index (χ4v) is 0.591. The molecule has 0 fully saturated rings. The summed E-state index contributed by atoms with van der Waals surface area (Å²) >= 11 is 0. The normalized spacial score (nSPS) is 9.00. The topological polar surface area (TPSA) is 67.2 Å². The largest absolute Gasteiger partial charge is 0.432 e. The molecule has 0 saturated heterocycles. The molecule has 1 aromatic rings. The Hall–Kier alpha value is -1.78. The highest BCUT2D eigenvalue weighted by molar-refractivity contribution is 5.86. The Kier molecular flexibility index (Phi) is 2.89. The van der Waals surface area contributed by atoms with Crippen LogP contribution in [0.25, 0.3) is 0 Å². The van der Waals surface area contributed by atoms with Gasteiger partial charge in [0.2, 0.25) is 0 Å². The highest BCUT2D eigenvalue weighted by atomic mass is 16.4. The molecular formula is C7H9N3O2. The molecule has 5 heteroatoms. The molecule has 0 aliphatic carbocycles. The minimum atomic E-state index is -0.364. The minimum absolute atomic E-state index is 0.177. The molecule has 1 rings (SSSR count). The molecule has 0 saturated carbocycles. The number of carbonyl (C=O) groups excluding carboxylic acids is 1. The molecule has 2 N–H and O–H groups in total. The summed E-state index contributed by atoms with van der Waals surface area (Å²) in [6, 6.07) is -0.186. The summed E-state index contributed by atoms with van der Waals surface area (Å²) in [5.41, 5.74) is 0. The quantitative estimate of drug-likeness (QED) is 0.659. The van der Waals surface area contributed by atoms with E-state index in [1.54, 1.807) is 6.08 Å². The Labute approximate surface area is 69.5 Å². The third kappa shape index (κ3) is 2.45. The van der Waals surface area contributed by atoms with E-state index in [2.05, 4.69) is 22.2 Å². The second-order valence-corrected chi connectivity index (χ2v) is 1.96. The van der Waals surface area contributed by atoms with Crippen LogP contribution in [-0.2, 0) is 0 Å². The molecular weight excluding hydrogens is 158 g/mol. The van der Waals surface area contributed by atoms with Crippen molar-refractivity contribution in [1.29, 1.82) is 0 Å². The van der Waals surface area contributed by atoms with Crippen LogP contribution < -0.4 is 10.6 Å². The molecule has 1 aromatic heterocycles. The SMILES string of the molecule is C=CCNC(=O)Nc1ncco1. The lowest BCUT2D eigenvalue weighted by atomic mass is 10.6. The molecule has 0 radical (unpaired) electrons. The first-order valence-corrected chi connectivity index (χ1v) is 3.38. The van der Waals surface area contributed by atoms with Gasteiger partial charge in [-0.1, -0.05) is 6.08 Å². The average molecular weight is 167 g/mol. The van der Waals surface area contributed by atoms with Gasteiger partial charge in [-0.2, -0.15) is 0 Å². The minimum Gasteiger partial charge on any atom is -0.432 e. The zero-order valence-electron chi connectivity index (χ0n) is 6.41. The van der Waals surface area contributed by atoms with Crippen molar-refractivity contribution < 1.29 is 9.21 Å². The molecule has 0 aromatic carbocycles. The van der Waals surface area contributed by atoms with Crippen LogP contribution in [0.4, 0.5) is 10.8 Å². The Balaban J connectivity index is 2.32. The standard InChI is InChI=1S/C7H9N3O2/c1-2-3-8-6(11)10-7-9-4-5-12-7/h2,4-5H,1,3H2,(H2,8,9,10,11). The van der Waals surface area contributed by atoms with E-state index in [9.17, 15) is 4.79 Å². The lowest BCUT2D eigenvalue weighted by molar-refractivity contribution is 0.252. The third-order valence-corrected chi connectivity index (χ3v) is 1.06. The fraction of sp³-hybridized carbons (Fsp3) is 0.143. The zero-order valence-corrected chi connectivity index (χ0v) is 6.41. The van der Waals surface area contributed by atoms with Crippen LogP contribution in [-0.4, -0.2) is 17.6 Å². The number of aromatic nitrogens is 1. The lowest BCUT2D eigenvalue weighted by Gasteiger charge is -1.99. The van der Waals surface area contributed by atoms with Gasteiger partial charge in [-0.15, -0.1) is 6.58 Å². The van der Waals surface area contributed by atoms with E-state index in [-0.39, 0.29) is 12.0 Å². The monoisotopic (exact) mass is 167 g/mol. The summed E-state index contributed by atoms with van der Waals surface area (Å²) in [6.45, 7) is 3.86. The molecule has 1 heterocycles. The maximum absolute atomic E-state index is 10.9. The molecule has 0 spiro atoms. The van der Waals surface area contributed by atoms with E-state index < -0.39 is 0 Å². The van der Waals surface area contributed by atoms with Crippen LogP contribution in [0.1, 0.15) is 0 Å². The number of hydrogen-bond donors (Lipinski definition) is 2. The summed E-state index contributed by atoms with van der Waals surface area (Å²) in [5, 5.41) is 4.88. The second-order valence-electron chi connectivity index (χ2n) is 1.96. The van der Waals surface area contributed by atoms with E-state index in [0.29, 0.717) is 6.54 Å². The first-order chi connectivity index (χ1) is 5.83. The van der Waals surface area contributed by atoms with Crippen LogP contribution in [0.2, 0.25) is 0 Å². The molecule has 12 heavy (non-hydrogen) atoms. The van der Waals surface area contributed by atoms with E-state index in [1.165, 1.54) is 12.5 Å². The van der Waals surface area contributed by atoms with Crippen LogP contribution >= 0.6 is 0 Å². The van der Waals surface area contributed by atoms with Crippen LogP contribution in [0.15, 0.2) is 29.5 Å². The number of carbonyl (C=O) groups is 1. The number of nitrogens with zero attached hydrogens (tertiary/aromatic N) is 1. The Morgan fingerprint density at radius 1 is 1.83 bits per heavy atom. The Bertz CT molecular complexity index is 256. The number of oxazole rings is 1. The van der Waals surface area contributed by atoms with Gasteiger partial charge in [0.1, 0.15) is 6.26 Å². The van der Waals surface area contributed by atoms with Gasteiger partial charge in [-0.25, -0.2) is 9.78 Å². The van der Waals surface area contributed by atoms with Gasteiger partial charge >= 0.3 is 12.0 Å².